The Kier molecular flexibility index (Phi) is 2.84. The lowest BCUT2D eigenvalue weighted by molar-refractivity contribution is 0.671. The van der Waals surface area contributed by atoms with Crippen LogP contribution in [0.2, 0.25) is 5.15 Å². The lowest BCUT2D eigenvalue weighted by Gasteiger charge is -2.24. The number of aromatic nitrogens is 2. The molecule has 14 heavy (non-hydrogen) atoms. The molecular formula is C9H13ClN4. The Morgan fingerprint density at radius 1 is 1.57 bits per heavy atom. The molecule has 0 spiro atoms. The summed E-state index contributed by atoms with van der Waals surface area (Å²) in [6.07, 6.45) is 3.80. The molecule has 2 heterocycles. The Labute approximate surface area is 88.1 Å². The quantitative estimate of drug-likeness (QED) is 0.745. The van der Waals surface area contributed by atoms with E-state index in [2.05, 4.69) is 14.9 Å². The minimum atomic E-state index is 0.404. The van der Waals surface area contributed by atoms with Crippen molar-refractivity contribution in [2.24, 2.45) is 5.73 Å². The fourth-order valence-electron chi connectivity index (χ4n) is 1.86. The Balaban J connectivity index is 2.21. The highest BCUT2D eigenvalue weighted by atomic mass is 35.5. The van der Waals surface area contributed by atoms with Gasteiger partial charge < -0.3 is 10.6 Å². The highest BCUT2D eigenvalue weighted by Gasteiger charge is 2.24. The van der Waals surface area contributed by atoms with Gasteiger partial charge in [-0.15, -0.1) is 0 Å². The molecule has 2 N–H and O–H groups in total. The van der Waals surface area contributed by atoms with Crippen molar-refractivity contribution in [3.8, 4) is 0 Å². The highest BCUT2D eigenvalue weighted by Crippen LogP contribution is 2.23. The van der Waals surface area contributed by atoms with Gasteiger partial charge in [0.15, 0.2) is 0 Å². The molecule has 2 rings (SSSR count). The van der Waals surface area contributed by atoms with Crippen LogP contribution in [-0.2, 0) is 0 Å². The van der Waals surface area contributed by atoms with E-state index in [1.54, 1.807) is 6.07 Å². The SMILES string of the molecule is NC[C@@H]1CCCN1c1cc(Cl)ncn1. The van der Waals surface area contributed by atoms with Crippen LogP contribution in [0, 0.1) is 0 Å². The molecule has 76 valence electrons. The minimum Gasteiger partial charge on any atom is -0.352 e. The number of hydrogen-bond acceptors (Lipinski definition) is 4. The molecule has 1 saturated heterocycles. The number of halogens is 1. The van der Waals surface area contributed by atoms with Gasteiger partial charge in [0.25, 0.3) is 0 Å². The second-order valence-corrected chi connectivity index (χ2v) is 3.81. The van der Waals surface area contributed by atoms with Crippen LogP contribution in [0.15, 0.2) is 12.4 Å². The summed E-state index contributed by atoms with van der Waals surface area (Å²) in [5, 5.41) is 0.484. The van der Waals surface area contributed by atoms with Gasteiger partial charge in [0, 0.05) is 25.2 Å². The minimum absolute atomic E-state index is 0.404. The van der Waals surface area contributed by atoms with Crippen LogP contribution in [0.3, 0.4) is 0 Å². The Morgan fingerprint density at radius 3 is 3.14 bits per heavy atom. The molecule has 1 atom stereocenters. The molecule has 4 nitrogen and oxygen atoms in total. The lowest BCUT2D eigenvalue weighted by Crippen LogP contribution is -2.35. The third kappa shape index (κ3) is 1.81. The van der Waals surface area contributed by atoms with Crippen molar-refractivity contribution in [3.63, 3.8) is 0 Å². The molecule has 1 fully saturated rings. The average Bonchev–Trinajstić information content (AvgIpc) is 2.65. The molecule has 0 amide bonds. The molecular weight excluding hydrogens is 200 g/mol. The van der Waals surface area contributed by atoms with Gasteiger partial charge in [-0.2, -0.15) is 0 Å². The fraction of sp³-hybridized carbons (Fsp3) is 0.556. The largest absolute Gasteiger partial charge is 0.352 e. The summed E-state index contributed by atoms with van der Waals surface area (Å²) in [4.78, 5) is 10.3. The third-order valence-electron chi connectivity index (χ3n) is 2.56. The number of anilines is 1. The zero-order valence-electron chi connectivity index (χ0n) is 7.86. The normalized spacial score (nSPS) is 21.6. The molecule has 1 aromatic heterocycles. The Hall–Kier alpha value is -0.870. The van der Waals surface area contributed by atoms with Crippen molar-refractivity contribution >= 4 is 17.4 Å². The van der Waals surface area contributed by atoms with Gasteiger partial charge in [0.2, 0.25) is 0 Å². The first-order chi connectivity index (χ1) is 6.81. The Bertz CT molecular complexity index is 317. The van der Waals surface area contributed by atoms with Gasteiger partial charge in [-0.05, 0) is 12.8 Å². The maximum Gasteiger partial charge on any atom is 0.134 e. The molecule has 1 aromatic rings. The van der Waals surface area contributed by atoms with Crippen molar-refractivity contribution in [1.82, 2.24) is 9.97 Å². The maximum absolute atomic E-state index is 5.81. The van der Waals surface area contributed by atoms with Crippen LogP contribution < -0.4 is 10.6 Å². The van der Waals surface area contributed by atoms with Crippen LogP contribution in [0.5, 0.6) is 0 Å². The van der Waals surface area contributed by atoms with Gasteiger partial charge in [0.1, 0.15) is 17.3 Å². The van der Waals surface area contributed by atoms with E-state index in [-0.39, 0.29) is 0 Å². The predicted molar refractivity (Wildman–Crippen MR) is 56.5 cm³/mol. The number of nitrogens with zero attached hydrogens (tertiary/aromatic N) is 3. The standard InChI is InChI=1S/C9H13ClN4/c10-8-4-9(13-6-12-8)14-3-1-2-7(14)5-11/h4,6-7H,1-3,5,11H2/t7-/m0/s1. The van der Waals surface area contributed by atoms with Crippen LogP contribution in [0.25, 0.3) is 0 Å². The molecule has 0 aliphatic carbocycles. The summed E-state index contributed by atoms with van der Waals surface area (Å²) in [5.74, 6) is 0.887. The summed E-state index contributed by atoms with van der Waals surface area (Å²) >= 11 is 5.81. The van der Waals surface area contributed by atoms with E-state index in [0.29, 0.717) is 17.7 Å². The van der Waals surface area contributed by atoms with Gasteiger partial charge in [-0.25, -0.2) is 9.97 Å². The summed E-state index contributed by atoms with van der Waals surface area (Å²) in [7, 11) is 0. The van der Waals surface area contributed by atoms with Crippen LogP contribution in [0.4, 0.5) is 5.82 Å². The zero-order chi connectivity index (χ0) is 9.97. The summed E-state index contributed by atoms with van der Waals surface area (Å²) in [5.41, 5.74) is 5.68. The van der Waals surface area contributed by atoms with Crippen molar-refractivity contribution in [2.45, 2.75) is 18.9 Å². The number of nitrogens with two attached hydrogens (primary N) is 1. The monoisotopic (exact) mass is 212 g/mol. The Morgan fingerprint density at radius 2 is 2.43 bits per heavy atom. The molecule has 0 radical (unpaired) electrons. The maximum atomic E-state index is 5.81. The fourth-order valence-corrected chi connectivity index (χ4v) is 2.00. The average molecular weight is 213 g/mol. The van der Waals surface area contributed by atoms with E-state index in [4.69, 9.17) is 17.3 Å². The van der Waals surface area contributed by atoms with E-state index >= 15 is 0 Å². The van der Waals surface area contributed by atoms with Crippen LogP contribution >= 0.6 is 11.6 Å². The molecule has 5 heteroatoms. The van der Waals surface area contributed by atoms with E-state index < -0.39 is 0 Å². The van der Waals surface area contributed by atoms with Crippen molar-refractivity contribution < 1.29 is 0 Å². The smallest absolute Gasteiger partial charge is 0.134 e. The van der Waals surface area contributed by atoms with Gasteiger partial charge in [0.05, 0.1) is 0 Å². The lowest BCUT2D eigenvalue weighted by atomic mass is 10.2. The van der Waals surface area contributed by atoms with Crippen molar-refractivity contribution in [3.05, 3.63) is 17.5 Å². The van der Waals surface area contributed by atoms with E-state index in [1.165, 1.54) is 12.7 Å². The van der Waals surface area contributed by atoms with E-state index in [0.717, 1.165) is 18.8 Å². The van der Waals surface area contributed by atoms with Crippen LogP contribution in [0.1, 0.15) is 12.8 Å². The first kappa shape index (κ1) is 9.68. The second kappa shape index (κ2) is 4.11. The zero-order valence-corrected chi connectivity index (χ0v) is 8.61. The van der Waals surface area contributed by atoms with E-state index in [1.807, 2.05) is 0 Å². The van der Waals surface area contributed by atoms with Crippen LogP contribution in [-0.4, -0.2) is 29.1 Å². The van der Waals surface area contributed by atoms with Gasteiger partial charge in [-0.1, -0.05) is 11.6 Å². The summed E-state index contributed by atoms with van der Waals surface area (Å²) in [6, 6.07) is 2.19. The molecule has 0 unspecified atom stereocenters. The molecule has 0 bridgehead atoms. The first-order valence-corrected chi connectivity index (χ1v) is 5.13. The second-order valence-electron chi connectivity index (χ2n) is 3.42. The topological polar surface area (TPSA) is 55.0 Å². The predicted octanol–water partition coefficient (Wildman–Crippen LogP) is 1.06. The first-order valence-electron chi connectivity index (χ1n) is 4.75. The highest BCUT2D eigenvalue weighted by molar-refractivity contribution is 6.29. The molecule has 1 aliphatic rings. The summed E-state index contributed by atoms with van der Waals surface area (Å²) in [6.45, 7) is 1.68. The molecule has 1 aliphatic heterocycles. The molecule has 0 saturated carbocycles. The number of hydrogen-bond donors (Lipinski definition) is 1. The summed E-state index contributed by atoms with van der Waals surface area (Å²) < 4.78 is 0. The van der Waals surface area contributed by atoms with Gasteiger partial charge >= 0.3 is 0 Å². The molecule has 0 aromatic carbocycles. The van der Waals surface area contributed by atoms with Crippen molar-refractivity contribution in [2.75, 3.05) is 18.0 Å². The van der Waals surface area contributed by atoms with Gasteiger partial charge in [-0.3, -0.25) is 0 Å². The van der Waals surface area contributed by atoms with E-state index in [9.17, 15) is 0 Å². The van der Waals surface area contributed by atoms with Crippen molar-refractivity contribution in [1.29, 1.82) is 0 Å². The number of rotatable bonds is 2. The third-order valence-corrected chi connectivity index (χ3v) is 2.77.